The van der Waals surface area contributed by atoms with Gasteiger partial charge in [0, 0.05) is 36.6 Å². The van der Waals surface area contributed by atoms with Gasteiger partial charge in [-0.05, 0) is 42.2 Å². The second-order valence-corrected chi connectivity index (χ2v) is 5.81. The highest BCUT2D eigenvalue weighted by Crippen LogP contribution is 2.33. The molecule has 2 aromatic carbocycles. The number of nitrogen functional groups attached to an aromatic ring is 1. The number of fused-ring (bicyclic) bond motifs is 1. The molecule has 22 heavy (non-hydrogen) atoms. The number of nitro groups is 1. The van der Waals surface area contributed by atoms with Gasteiger partial charge in [0.25, 0.3) is 5.69 Å². The van der Waals surface area contributed by atoms with Crippen LogP contribution in [0.4, 0.5) is 17.1 Å². The molecule has 0 spiro atoms. The Labute approximate surface area is 133 Å². The summed E-state index contributed by atoms with van der Waals surface area (Å²) in [6, 6.07) is 10.5. The Hall–Kier alpha value is -2.27. The van der Waals surface area contributed by atoms with Gasteiger partial charge in [0.1, 0.15) is 0 Å². The fourth-order valence-electron chi connectivity index (χ4n) is 2.88. The molecule has 0 radical (unpaired) electrons. The van der Waals surface area contributed by atoms with Gasteiger partial charge < -0.3 is 10.6 Å². The van der Waals surface area contributed by atoms with Gasteiger partial charge in [-0.2, -0.15) is 0 Å². The molecule has 2 N–H and O–H groups in total. The standard InChI is InChI=1S/C16H16ClN3O2/c17-14-9-12(20(21)22)7-6-11(14)10-19-8-2-3-13-15(18)4-1-5-16(13)19/h1,4-7,9H,2-3,8,10,18H2. The van der Waals surface area contributed by atoms with Crippen molar-refractivity contribution in [1.29, 1.82) is 0 Å². The van der Waals surface area contributed by atoms with Crippen molar-refractivity contribution < 1.29 is 4.92 Å². The number of nitrogens with zero attached hydrogens (tertiary/aromatic N) is 2. The first-order valence-electron chi connectivity index (χ1n) is 7.11. The first-order valence-corrected chi connectivity index (χ1v) is 7.49. The number of halogens is 1. The van der Waals surface area contributed by atoms with Crippen LogP contribution < -0.4 is 10.6 Å². The van der Waals surface area contributed by atoms with Gasteiger partial charge in [0.15, 0.2) is 0 Å². The zero-order valence-corrected chi connectivity index (χ0v) is 12.7. The minimum atomic E-state index is -0.438. The van der Waals surface area contributed by atoms with E-state index in [1.165, 1.54) is 17.7 Å². The fraction of sp³-hybridized carbons (Fsp3) is 0.250. The Kier molecular flexibility index (Phi) is 3.90. The average Bonchev–Trinajstić information content (AvgIpc) is 2.50. The lowest BCUT2D eigenvalue weighted by molar-refractivity contribution is -0.384. The molecule has 0 amide bonds. The summed E-state index contributed by atoms with van der Waals surface area (Å²) in [6.07, 6.45) is 2.01. The fourth-order valence-corrected chi connectivity index (χ4v) is 3.11. The van der Waals surface area contributed by atoms with E-state index in [0.717, 1.165) is 36.3 Å². The number of nitrogens with two attached hydrogens (primary N) is 1. The summed E-state index contributed by atoms with van der Waals surface area (Å²) >= 11 is 6.20. The molecule has 114 valence electrons. The van der Waals surface area contributed by atoms with Crippen molar-refractivity contribution in [1.82, 2.24) is 0 Å². The summed E-state index contributed by atoms with van der Waals surface area (Å²) in [4.78, 5) is 12.6. The Bertz CT molecular complexity index is 733. The van der Waals surface area contributed by atoms with E-state index < -0.39 is 4.92 Å². The van der Waals surface area contributed by atoms with Crippen molar-refractivity contribution in [3.8, 4) is 0 Å². The van der Waals surface area contributed by atoms with Gasteiger partial charge in [0.05, 0.1) is 9.95 Å². The summed E-state index contributed by atoms with van der Waals surface area (Å²) in [5.41, 5.74) is 10.1. The molecular formula is C16H16ClN3O2. The Morgan fingerprint density at radius 1 is 1.32 bits per heavy atom. The van der Waals surface area contributed by atoms with Crippen molar-refractivity contribution in [3.63, 3.8) is 0 Å². The van der Waals surface area contributed by atoms with Crippen LogP contribution in [-0.2, 0) is 13.0 Å². The molecule has 1 aliphatic heterocycles. The maximum Gasteiger partial charge on any atom is 0.270 e. The summed E-state index contributed by atoms with van der Waals surface area (Å²) in [6.45, 7) is 1.54. The SMILES string of the molecule is Nc1cccc2c1CCCN2Cc1ccc([N+](=O)[O-])cc1Cl. The third kappa shape index (κ3) is 2.72. The van der Waals surface area contributed by atoms with Gasteiger partial charge in [-0.3, -0.25) is 10.1 Å². The van der Waals surface area contributed by atoms with Crippen molar-refractivity contribution in [2.24, 2.45) is 0 Å². The highest BCUT2D eigenvalue weighted by Gasteiger charge is 2.20. The smallest absolute Gasteiger partial charge is 0.270 e. The lowest BCUT2D eigenvalue weighted by Crippen LogP contribution is -2.29. The minimum Gasteiger partial charge on any atom is -0.398 e. The molecule has 0 atom stereocenters. The van der Waals surface area contributed by atoms with Crippen LogP contribution in [0.1, 0.15) is 17.5 Å². The highest BCUT2D eigenvalue weighted by atomic mass is 35.5. The highest BCUT2D eigenvalue weighted by molar-refractivity contribution is 6.31. The van der Waals surface area contributed by atoms with Crippen LogP contribution >= 0.6 is 11.6 Å². The lowest BCUT2D eigenvalue weighted by Gasteiger charge is -2.32. The third-order valence-corrected chi connectivity index (χ3v) is 4.34. The maximum atomic E-state index is 10.8. The number of hydrogen-bond acceptors (Lipinski definition) is 4. The molecule has 0 aliphatic carbocycles. The van der Waals surface area contributed by atoms with E-state index in [1.807, 2.05) is 12.1 Å². The first kappa shape index (κ1) is 14.7. The molecule has 2 aromatic rings. The van der Waals surface area contributed by atoms with E-state index in [1.54, 1.807) is 6.07 Å². The second kappa shape index (κ2) is 5.85. The molecular weight excluding hydrogens is 302 g/mol. The van der Waals surface area contributed by atoms with Crippen LogP contribution in [0, 0.1) is 10.1 Å². The predicted molar refractivity (Wildman–Crippen MR) is 88.3 cm³/mol. The molecule has 0 saturated carbocycles. The topological polar surface area (TPSA) is 72.4 Å². The molecule has 5 nitrogen and oxygen atoms in total. The van der Waals surface area contributed by atoms with Crippen LogP contribution in [0.3, 0.4) is 0 Å². The lowest BCUT2D eigenvalue weighted by atomic mass is 9.99. The van der Waals surface area contributed by atoms with Crippen molar-refractivity contribution in [2.45, 2.75) is 19.4 Å². The maximum absolute atomic E-state index is 10.8. The third-order valence-electron chi connectivity index (χ3n) is 3.99. The summed E-state index contributed by atoms with van der Waals surface area (Å²) in [5.74, 6) is 0. The largest absolute Gasteiger partial charge is 0.398 e. The number of nitro benzene ring substituents is 1. The summed E-state index contributed by atoms with van der Waals surface area (Å²) in [7, 11) is 0. The van der Waals surface area contributed by atoms with E-state index in [-0.39, 0.29) is 5.69 Å². The molecule has 0 fully saturated rings. The number of non-ortho nitro benzene ring substituents is 1. The first-order chi connectivity index (χ1) is 10.6. The molecule has 0 saturated heterocycles. The molecule has 6 heteroatoms. The zero-order chi connectivity index (χ0) is 15.7. The minimum absolute atomic E-state index is 0.0111. The quantitative estimate of drug-likeness (QED) is 0.531. The molecule has 1 heterocycles. The predicted octanol–water partition coefficient (Wildman–Crippen LogP) is 3.78. The van der Waals surface area contributed by atoms with Crippen molar-refractivity contribution in [3.05, 3.63) is 62.7 Å². The van der Waals surface area contributed by atoms with Gasteiger partial charge in [-0.1, -0.05) is 17.7 Å². The van der Waals surface area contributed by atoms with Crippen LogP contribution in [0.15, 0.2) is 36.4 Å². The van der Waals surface area contributed by atoms with Gasteiger partial charge in [-0.15, -0.1) is 0 Å². The van der Waals surface area contributed by atoms with Crippen molar-refractivity contribution >= 4 is 28.7 Å². The number of benzene rings is 2. The van der Waals surface area contributed by atoms with E-state index >= 15 is 0 Å². The average molecular weight is 318 g/mol. The van der Waals surface area contributed by atoms with E-state index in [2.05, 4.69) is 11.0 Å². The van der Waals surface area contributed by atoms with Crippen LogP contribution in [0.2, 0.25) is 5.02 Å². The molecule has 0 aromatic heterocycles. The zero-order valence-electron chi connectivity index (χ0n) is 12.0. The van der Waals surface area contributed by atoms with E-state index in [0.29, 0.717) is 11.6 Å². The molecule has 0 unspecified atom stereocenters. The van der Waals surface area contributed by atoms with Gasteiger partial charge >= 0.3 is 0 Å². The van der Waals surface area contributed by atoms with Crippen LogP contribution in [0.5, 0.6) is 0 Å². The van der Waals surface area contributed by atoms with Crippen LogP contribution in [0.25, 0.3) is 0 Å². The van der Waals surface area contributed by atoms with E-state index in [4.69, 9.17) is 17.3 Å². The Balaban J connectivity index is 1.89. The molecule has 0 bridgehead atoms. The Morgan fingerprint density at radius 2 is 2.14 bits per heavy atom. The van der Waals surface area contributed by atoms with Crippen molar-refractivity contribution in [2.75, 3.05) is 17.2 Å². The summed E-state index contributed by atoms with van der Waals surface area (Å²) in [5, 5.41) is 11.2. The molecule has 1 aliphatic rings. The van der Waals surface area contributed by atoms with Gasteiger partial charge in [0.2, 0.25) is 0 Å². The normalized spacial score (nSPS) is 13.8. The Morgan fingerprint density at radius 3 is 2.86 bits per heavy atom. The van der Waals surface area contributed by atoms with Gasteiger partial charge in [-0.25, -0.2) is 0 Å². The number of anilines is 2. The second-order valence-electron chi connectivity index (χ2n) is 5.40. The molecule has 3 rings (SSSR count). The summed E-state index contributed by atoms with van der Waals surface area (Å²) < 4.78 is 0. The number of rotatable bonds is 3. The number of hydrogen-bond donors (Lipinski definition) is 1. The van der Waals surface area contributed by atoms with E-state index in [9.17, 15) is 10.1 Å². The van der Waals surface area contributed by atoms with Crippen LogP contribution in [-0.4, -0.2) is 11.5 Å². The monoisotopic (exact) mass is 317 g/mol.